The molecule has 1 atom stereocenters. The summed E-state index contributed by atoms with van der Waals surface area (Å²) in [4.78, 5) is 13.3. The Hall–Kier alpha value is -1.17. The number of thiophene rings is 2. The van der Waals surface area contributed by atoms with Crippen molar-refractivity contribution in [3.63, 3.8) is 0 Å². The fourth-order valence-electron chi connectivity index (χ4n) is 1.44. The monoisotopic (exact) mass is 254 g/mol. The third kappa shape index (κ3) is 2.02. The molecule has 0 aliphatic carbocycles. The molecule has 0 saturated heterocycles. The maximum Gasteiger partial charge on any atom is 0.336 e. The largest absolute Gasteiger partial charge is 0.478 e. The van der Waals surface area contributed by atoms with Crippen LogP contribution in [0.2, 0.25) is 0 Å². The van der Waals surface area contributed by atoms with Crippen LogP contribution in [-0.2, 0) is 0 Å². The van der Waals surface area contributed by atoms with Crippen molar-refractivity contribution in [1.29, 1.82) is 0 Å². The zero-order valence-corrected chi connectivity index (χ0v) is 10.1. The lowest BCUT2D eigenvalue weighted by Gasteiger charge is -2.07. The molecule has 0 aromatic carbocycles. The molecule has 84 valence electrons. The van der Waals surface area contributed by atoms with Gasteiger partial charge in [0.15, 0.2) is 0 Å². The van der Waals surface area contributed by atoms with Gasteiger partial charge in [-0.1, -0.05) is 0 Å². The summed E-state index contributed by atoms with van der Waals surface area (Å²) in [6, 6.07) is 5.26. The molecule has 2 N–H and O–H groups in total. The van der Waals surface area contributed by atoms with Crippen molar-refractivity contribution < 1.29 is 15.0 Å². The van der Waals surface area contributed by atoms with Crippen LogP contribution in [0.3, 0.4) is 0 Å². The van der Waals surface area contributed by atoms with Gasteiger partial charge in [-0.05, 0) is 30.5 Å². The van der Waals surface area contributed by atoms with Crippen molar-refractivity contribution in [2.75, 3.05) is 0 Å². The van der Waals surface area contributed by atoms with Gasteiger partial charge in [0.2, 0.25) is 0 Å². The second kappa shape index (κ2) is 4.37. The predicted molar refractivity (Wildman–Crippen MR) is 64.4 cm³/mol. The van der Waals surface area contributed by atoms with E-state index in [-0.39, 0.29) is 5.56 Å². The molecule has 0 bridgehead atoms. The van der Waals surface area contributed by atoms with E-state index >= 15 is 0 Å². The SMILES string of the molecule is Cc1ccc(C(O)c2sccc2C(=O)O)s1. The number of rotatable bonds is 3. The Bertz CT molecular complexity index is 513. The maximum absolute atomic E-state index is 10.9. The highest BCUT2D eigenvalue weighted by molar-refractivity contribution is 7.13. The average Bonchev–Trinajstić information content (AvgIpc) is 2.84. The van der Waals surface area contributed by atoms with Gasteiger partial charge in [-0.3, -0.25) is 0 Å². The van der Waals surface area contributed by atoms with Crippen LogP contribution in [0.1, 0.15) is 31.1 Å². The van der Waals surface area contributed by atoms with E-state index in [1.165, 1.54) is 28.7 Å². The molecule has 0 fully saturated rings. The van der Waals surface area contributed by atoms with Crippen molar-refractivity contribution >= 4 is 28.6 Å². The number of hydrogen-bond donors (Lipinski definition) is 2. The first-order valence-corrected chi connectivity index (χ1v) is 6.34. The second-order valence-electron chi connectivity index (χ2n) is 3.35. The number of carboxylic acids is 1. The number of carbonyl (C=O) groups is 1. The Labute approximate surface area is 101 Å². The topological polar surface area (TPSA) is 57.5 Å². The summed E-state index contributed by atoms with van der Waals surface area (Å²) in [7, 11) is 0. The van der Waals surface area contributed by atoms with Crippen molar-refractivity contribution in [1.82, 2.24) is 0 Å². The highest BCUT2D eigenvalue weighted by Gasteiger charge is 2.20. The van der Waals surface area contributed by atoms with Gasteiger partial charge in [0, 0.05) is 9.75 Å². The van der Waals surface area contributed by atoms with Gasteiger partial charge < -0.3 is 10.2 Å². The Morgan fingerprint density at radius 2 is 2.12 bits per heavy atom. The lowest BCUT2D eigenvalue weighted by Crippen LogP contribution is -2.03. The number of carboxylic acid groups (broad SMARTS) is 1. The molecule has 0 spiro atoms. The van der Waals surface area contributed by atoms with Gasteiger partial charge in [-0.15, -0.1) is 22.7 Å². The zero-order chi connectivity index (χ0) is 11.7. The highest BCUT2D eigenvalue weighted by Crippen LogP contribution is 2.33. The highest BCUT2D eigenvalue weighted by atomic mass is 32.1. The molecular weight excluding hydrogens is 244 g/mol. The summed E-state index contributed by atoms with van der Waals surface area (Å²) in [5.74, 6) is -0.997. The third-order valence-electron chi connectivity index (χ3n) is 2.20. The van der Waals surface area contributed by atoms with Crippen molar-refractivity contribution in [3.05, 3.63) is 43.8 Å². The molecule has 0 aliphatic heterocycles. The summed E-state index contributed by atoms with van der Waals surface area (Å²) in [6.45, 7) is 1.95. The molecule has 0 aliphatic rings. The molecule has 2 heterocycles. The molecule has 2 rings (SSSR count). The zero-order valence-electron chi connectivity index (χ0n) is 8.51. The van der Waals surface area contributed by atoms with Crippen molar-refractivity contribution in [2.24, 2.45) is 0 Å². The molecule has 2 aromatic rings. The summed E-state index contributed by atoms with van der Waals surface area (Å²) < 4.78 is 0. The van der Waals surface area contributed by atoms with Crippen molar-refractivity contribution in [3.8, 4) is 0 Å². The average molecular weight is 254 g/mol. The predicted octanol–water partition coefficient (Wildman–Crippen LogP) is 2.90. The van der Waals surface area contributed by atoms with Gasteiger partial charge in [-0.2, -0.15) is 0 Å². The first-order chi connectivity index (χ1) is 7.59. The molecule has 5 heteroatoms. The Balaban J connectivity index is 2.37. The van der Waals surface area contributed by atoms with E-state index in [0.717, 1.165) is 9.75 Å². The van der Waals surface area contributed by atoms with Gasteiger partial charge >= 0.3 is 5.97 Å². The first-order valence-electron chi connectivity index (χ1n) is 4.64. The minimum Gasteiger partial charge on any atom is -0.478 e. The van der Waals surface area contributed by atoms with E-state index in [1.54, 1.807) is 5.38 Å². The van der Waals surface area contributed by atoms with E-state index in [4.69, 9.17) is 5.11 Å². The fraction of sp³-hybridized carbons (Fsp3) is 0.182. The van der Waals surface area contributed by atoms with Crippen LogP contribution in [0, 0.1) is 6.92 Å². The fourth-order valence-corrected chi connectivity index (χ4v) is 3.28. The molecule has 3 nitrogen and oxygen atoms in total. The van der Waals surface area contributed by atoms with Gasteiger partial charge in [-0.25, -0.2) is 4.79 Å². The number of aryl methyl sites for hydroxylation is 1. The Kier molecular flexibility index (Phi) is 3.09. The molecule has 1 unspecified atom stereocenters. The second-order valence-corrected chi connectivity index (χ2v) is 5.62. The molecular formula is C11H10O3S2. The molecule has 16 heavy (non-hydrogen) atoms. The van der Waals surface area contributed by atoms with Crippen LogP contribution in [-0.4, -0.2) is 16.2 Å². The van der Waals surface area contributed by atoms with Crippen molar-refractivity contribution in [2.45, 2.75) is 13.0 Å². The minimum absolute atomic E-state index is 0.184. The van der Waals surface area contributed by atoms with Crippen LogP contribution in [0.25, 0.3) is 0 Å². The van der Waals surface area contributed by atoms with Crippen LogP contribution >= 0.6 is 22.7 Å². The number of aliphatic hydroxyl groups excluding tert-OH is 1. The smallest absolute Gasteiger partial charge is 0.336 e. The lowest BCUT2D eigenvalue weighted by molar-refractivity contribution is 0.0692. The van der Waals surface area contributed by atoms with Gasteiger partial charge in [0.1, 0.15) is 6.10 Å². The Morgan fingerprint density at radius 1 is 1.38 bits per heavy atom. The summed E-state index contributed by atoms with van der Waals surface area (Å²) in [5, 5.41) is 20.7. The summed E-state index contributed by atoms with van der Waals surface area (Å²) in [6.07, 6.45) is -0.829. The number of aromatic carboxylic acids is 1. The van der Waals surface area contributed by atoms with Gasteiger partial charge in [0.05, 0.1) is 10.4 Å². The minimum atomic E-state index is -0.997. The number of aliphatic hydroxyl groups is 1. The van der Waals surface area contributed by atoms with Crippen LogP contribution in [0.15, 0.2) is 23.6 Å². The van der Waals surface area contributed by atoms with E-state index in [0.29, 0.717) is 4.88 Å². The molecule has 2 aromatic heterocycles. The molecule has 0 amide bonds. The quantitative estimate of drug-likeness (QED) is 0.885. The molecule has 0 radical (unpaired) electrons. The van der Waals surface area contributed by atoms with Crippen LogP contribution < -0.4 is 0 Å². The summed E-state index contributed by atoms with van der Waals surface area (Å²) in [5.41, 5.74) is 0.184. The Morgan fingerprint density at radius 3 is 2.69 bits per heavy atom. The maximum atomic E-state index is 10.9. The van der Waals surface area contributed by atoms with Crippen LogP contribution in [0.5, 0.6) is 0 Å². The lowest BCUT2D eigenvalue weighted by atomic mass is 10.1. The molecule has 0 saturated carbocycles. The van der Waals surface area contributed by atoms with E-state index in [1.807, 2.05) is 19.1 Å². The van der Waals surface area contributed by atoms with E-state index < -0.39 is 12.1 Å². The van der Waals surface area contributed by atoms with E-state index in [2.05, 4.69) is 0 Å². The van der Waals surface area contributed by atoms with Crippen LogP contribution in [0.4, 0.5) is 0 Å². The van der Waals surface area contributed by atoms with E-state index in [9.17, 15) is 9.90 Å². The standard InChI is InChI=1S/C11H10O3S2/c1-6-2-3-8(16-6)9(12)10-7(11(13)14)4-5-15-10/h2-5,9,12H,1H3,(H,13,14). The third-order valence-corrected chi connectivity index (χ3v) is 4.23. The van der Waals surface area contributed by atoms with Gasteiger partial charge in [0.25, 0.3) is 0 Å². The number of hydrogen-bond acceptors (Lipinski definition) is 4. The first kappa shape index (κ1) is 11.3. The normalized spacial score (nSPS) is 12.6. The summed E-state index contributed by atoms with van der Waals surface area (Å²) >= 11 is 2.74.